The number of nitrogens with one attached hydrogen (secondary N) is 3. The summed E-state index contributed by atoms with van der Waals surface area (Å²) in [6.07, 6.45) is 5.61. The predicted octanol–water partition coefficient (Wildman–Crippen LogP) is 2.99. The third kappa shape index (κ3) is 10.2. The van der Waals surface area contributed by atoms with Gasteiger partial charge in [-0.25, -0.2) is 0 Å². The van der Waals surface area contributed by atoms with Crippen molar-refractivity contribution in [2.75, 3.05) is 45.9 Å². The van der Waals surface area contributed by atoms with Gasteiger partial charge in [0, 0.05) is 51.3 Å². The maximum Gasteiger partial charge on any atom is 0.234 e. The van der Waals surface area contributed by atoms with Crippen LogP contribution in [0.15, 0.2) is 4.99 Å². The van der Waals surface area contributed by atoms with Gasteiger partial charge in [0.15, 0.2) is 5.96 Å². The first-order chi connectivity index (χ1) is 14.3. The molecule has 2 saturated heterocycles. The number of amides is 1. The number of carbonyl (C=O) groups is 1. The molecule has 2 fully saturated rings. The SMILES string of the molecule is CCCNC(=O)CN1CCC(NC(=NCC2CCCOC2C(C)(C)C)NCC)CC1.I. The van der Waals surface area contributed by atoms with E-state index in [0.717, 1.165) is 71.0 Å². The zero-order valence-corrected chi connectivity index (χ0v) is 22.7. The Balaban J connectivity index is 0.00000480. The fourth-order valence-electron chi connectivity index (χ4n) is 4.47. The Morgan fingerprint density at radius 1 is 1.13 bits per heavy atom. The van der Waals surface area contributed by atoms with Crippen LogP contribution in [0.1, 0.15) is 66.7 Å². The van der Waals surface area contributed by atoms with E-state index in [1.165, 1.54) is 6.42 Å². The van der Waals surface area contributed by atoms with Gasteiger partial charge in [-0.1, -0.05) is 27.7 Å². The van der Waals surface area contributed by atoms with E-state index < -0.39 is 0 Å². The maximum absolute atomic E-state index is 11.9. The number of halogens is 1. The first kappa shape index (κ1) is 28.4. The van der Waals surface area contributed by atoms with E-state index in [4.69, 9.17) is 9.73 Å². The van der Waals surface area contributed by atoms with Gasteiger partial charge in [-0.15, -0.1) is 24.0 Å². The summed E-state index contributed by atoms with van der Waals surface area (Å²) in [5, 5.41) is 10.0. The lowest BCUT2D eigenvalue weighted by Crippen LogP contribution is -2.50. The molecule has 2 atom stereocenters. The highest BCUT2D eigenvalue weighted by Crippen LogP contribution is 2.34. The second kappa shape index (κ2) is 14.5. The Morgan fingerprint density at radius 2 is 1.84 bits per heavy atom. The summed E-state index contributed by atoms with van der Waals surface area (Å²) in [5.41, 5.74) is 0.142. The first-order valence-electron chi connectivity index (χ1n) is 12.0. The average Bonchev–Trinajstić information content (AvgIpc) is 2.71. The molecule has 0 spiro atoms. The second-order valence-corrected chi connectivity index (χ2v) is 9.82. The molecule has 0 aromatic heterocycles. The van der Waals surface area contributed by atoms with Crippen molar-refractivity contribution < 1.29 is 9.53 Å². The van der Waals surface area contributed by atoms with E-state index >= 15 is 0 Å². The molecule has 2 unspecified atom stereocenters. The van der Waals surface area contributed by atoms with Gasteiger partial charge in [-0.3, -0.25) is 14.7 Å². The van der Waals surface area contributed by atoms with Crippen molar-refractivity contribution in [3.05, 3.63) is 0 Å². The molecule has 8 heteroatoms. The molecule has 0 saturated carbocycles. The molecular weight excluding hydrogens is 505 g/mol. The number of likely N-dealkylation sites (tertiary alicyclic amines) is 1. The fourth-order valence-corrected chi connectivity index (χ4v) is 4.47. The molecule has 31 heavy (non-hydrogen) atoms. The molecule has 2 rings (SSSR count). The zero-order valence-electron chi connectivity index (χ0n) is 20.3. The molecule has 0 aliphatic carbocycles. The van der Waals surface area contributed by atoms with Crippen molar-refractivity contribution in [3.8, 4) is 0 Å². The molecule has 0 aromatic rings. The Labute approximate surface area is 206 Å². The summed E-state index contributed by atoms with van der Waals surface area (Å²) in [6, 6.07) is 0.402. The predicted molar refractivity (Wildman–Crippen MR) is 139 cm³/mol. The highest BCUT2D eigenvalue weighted by atomic mass is 127. The number of aliphatic imine (C=N–C) groups is 1. The van der Waals surface area contributed by atoms with Gasteiger partial charge < -0.3 is 20.7 Å². The molecule has 7 nitrogen and oxygen atoms in total. The van der Waals surface area contributed by atoms with Gasteiger partial charge in [0.1, 0.15) is 0 Å². The highest BCUT2D eigenvalue weighted by molar-refractivity contribution is 14.0. The Kier molecular flexibility index (Phi) is 13.3. The Morgan fingerprint density at radius 3 is 2.45 bits per heavy atom. The largest absolute Gasteiger partial charge is 0.377 e. The monoisotopic (exact) mass is 551 g/mol. The van der Waals surface area contributed by atoms with Gasteiger partial charge in [-0.2, -0.15) is 0 Å². The maximum atomic E-state index is 11.9. The van der Waals surface area contributed by atoms with E-state index in [9.17, 15) is 4.79 Å². The molecule has 2 heterocycles. The number of carbonyl (C=O) groups excluding carboxylic acids is 1. The number of hydrogen-bond acceptors (Lipinski definition) is 4. The number of nitrogens with zero attached hydrogens (tertiary/aromatic N) is 2. The van der Waals surface area contributed by atoms with E-state index in [2.05, 4.69) is 55.5 Å². The van der Waals surface area contributed by atoms with E-state index in [1.54, 1.807) is 0 Å². The first-order valence-corrected chi connectivity index (χ1v) is 12.0. The summed E-state index contributed by atoms with van der Waals surface area (Å²) in [6.45, 7) is 16.7. The lowest BCUT2D eigenvalue weighted by molar-refractivity contribution is -0.122. The molecule has 0 bridgehead atoms. The molecular formula is C23H46IN5O2. The molecule has 1 amide bonds. The van der Waals surface area contributed by atoms with E-state index in [-0.39, 0.29) is 41.4 Å². The summed E-state index contributed by atoms with van der Waals surface area (Å²) in [4.78, 5) is 19.1. The standard InChI is InChI=1S/C23H45N5O2.HI/c1-6-12-25-20(29)17-28-13-10-19(11-14-28)27-22(24-7-2)26-16-18-9-8-15-30-21(18)23(3,4)5;/h18-19,21H,6-17H2,1-5H3,(H,25,29)(H2,24,26,27);1H. The number of piperidine rings is 1. The van der Waals surface area contributed by atoms with E-state index in [1.807, 2.05) is 0 Å². The van der Waals surface area contributed by atoms with Gasteiger partial charge in [0.25, 0.3) is 0 Å². The second-order valence-electron chi connectivity index (χ2n) is 9.82. The highest BCUT2D eigenvalue weighted by Gasteiger charge is 2.35. The van der Waals surface area contributed by atoms with E-state index in [0.29, 0.717) is 18.5 Å². The third-order valence-electron chi connectivity index (χ3n) is 5.99. The lowest BCUT2D eigenvalue weighted by Gasteiger charge is -2.39. The number of ether oxygens (including phenoxy) is 1. The fraction of sp³-hybridized carbons (Fsp3) is 0.913. The van der Waals surface area contributed by atoms with Crippen LogP contribution in [0.3, 0.4) is 0 Å². The van der Waals surface area contributed by atoms with Crippen LogP contribution in [0.25, 0.3) is 0 Å². The van der Waals surface area contributed by atoms with Crippen LogP contribution in [-0.4, -0.2) is 74.8 Å². The smallest absolute Gasteiger partial charge is 0.234 e. The minimum atomic E-state index is 0. The van der Waals surface area contributed by atoms with Crippen molar-refractivity contribution in [1.82, 2.24) is 20.9 Å². The normalized spacial score (nSPS) is 23.7. The Bertz CT molecular complexity index is 545. The summed E-state index contributed by atoms with van der Waals surface area (Å²) in [5.74, 6) is 1.52. The average molecular weight is 552 g/mol. The molecule has 2 aliphatic heterocycles. The van der Waals surface area contributed by atoms with Crippen molar-refractivity contribution in [3.63, 3.8) is 0 Å². The van der Waals surface area contributed by atoms with Crippen LogP contribution < -0.4 is 16.0 Å². The quantitative estimate of drug-likeness (QED) is 0.246. The van der Waals surface area contributed by atoms with Gasteiger partial charge in [-0.05, 0) is 44.4 Å². The zero-order chi connectivity index (χ0) is 22.0. The van der Waals surface area contributed by atoms with Gasteiger partial charge in [0.05, 0.1) is 12.6 Å². The molecule has 3 N–H and O–H groups in total. The minimum absolute atomic E-state index is 0. The topological polar surface area (TPSA) is 78.0 Å². The van der Waals surface area contributed by atoms with Crippen molar-refractivity contribution in [2.24, 2.45) is 16.3 Å². The van der Waals surface area contributed by atoms with Crippen LogP contribution in [0.4, 0.5) is 0 Å². The molecule has 0 aromatic carbocycles. The lowest BCUT2D eigenvalue weighted by atomic mass is 9.78. The van der Waals surface area contributed by atoms with Crippen LogP contribution in [0.2, 0.25) is 0 Å². The van der Waals surface area contributed by atoms with Crippen LogP contribution in [-0.2, 0) is 9.53 Å². The van der Waals surface area contributed by atoms with Crippen molar-refractivity contribution >= 4 is 35.8 Å². The van der Waals surface area contributed by atoms with Crippen LogP contribution in [0.5, 0.6) is 0 Å². The van der Waals surface area contributed by atoms with Crippen molar-refractivity contribution in [2.45, 2.75) is 78.9 Å². The van der Waals surface area contributed by atoms with Gasteiger partial charge in [0.2, 0.25) is 5.91 Å². The molecule has 0 radical (unpaired) electrons. The number of hydrogen-bond donors (Lipinski definition) is 3. The number of guanidine groups is 1. The van der Waals surface area contributed by atoms with Crippen molar-refractivity contribution in [1.29, 1.82) is 0 Å². The summed E-state index contributed by atoms with van der Waals surface area (Å²) in [7, 11) is 0. The third-order valence-corrected chi connectivity index (χ3v) is 5.99. The summed E-state index contributed by atoms with van der Waals surface area (Å²) >= 11 is 0. The molecule has 2 aliphatic rings. The Hall–Kier alpha value is -0.610. The summed E-state index contributed by atoms with van der Waals surface area (Å²) < 4.78 is 6.12. The van der Waals surface area contributed by atoms with Crippen LogP contribution >= 0.6 is 24.0 Å². The minimum Gasteiger partial charge on any atom is -0.377 e. The molecule has 182 valence electrons. The van der Waals surface area contributed by atoms with Gasteiger partial charge >= 0.3 is 0 Å². The number of rotatable bonds is 8. The van der Waals surface area contributed by atoms with Crippen LogP contribution in [0, 0.1) is 11.3 Å².